The second-order valence-corrected chi connectivity index (χ2v) is 6.50. The molecular formula is C10H11NO3S3. The summed E-state index contributed by atoms with van der Waals surface area (Å²) in [6.45, 7) is 0. The zero-order valence-corrected chi connectivity index (χ0v) is 11.4. The monoisotopic (exact) mass is 289 g/mol. The minimum absolute atomic E-state index is 0.0353. The van der Waals surface area contributed by atoms with Crippen LogP contribution in [0.2, 0.25) is 0 Å². The molecule has 0 unspecified atom stereocenters. The van der Waals surface area contributed by atoms with Gasteiger partial charge < -0.3 is 4.18 Å². The number of fused-ring (bicyclic) bond motifs is 1. The summed E-state index contributed by atoms with van der Waals surface area (Å²) in [6, 6.07) is 7.42. The molecule has 1 heterocycles. The van der Waals surface area contributed by atoms with Gasteiger partial charge in [0.2, 0.25) is 0 Å². The molecule has 1 aromatic carbocycles. The molecular weight excluding hydrogens is 278 g/mol. The SMILES string of the molecule is O=S(=O)(CCCS)Oc1nc2ccccc2s1. The van der Waals surface area contributed by atoms with E-state index in [1.807, 2.05) is 24.3 Å². The van der Waals surface area contributed by atoms with Crippen molar-refractivity contribution in [3.8, 4) is 5.19 Å². The second kappa shape index (κ2) is 5.24. The molecule has 0 saturated heterocycles. The topological polar surface area (TPSA) is 56.3 Å². The number of para-hydroxylation sites is 1. The van der Waals surface area contributed by atoms with Crippen LogP contribution in [0.4, 0.5) is 0 Å². The summed E-state index contributed by atoms with van der Waals surface area (Å²) in [6.07, 6.45) is 0.469. The molecule has 92 valence electrons. The highest BCUT2D eigenvalue weighted by Gasteiger charge is 2.15. The Balaban J connectivity index is 2.18. The molecule has 7 heteroatoms. The molecule has 17 heavy (non-hydrogen) atoms. The van der Waals surface area contributed by atoms with Crippen molar-refractivity contribution in [3.05, 3.63) is 24.3 Å². The Kier molecular flexibility index (Phi) is 3.90. The van der Waals surface area contributed by atoms with Crippen LogP contribution in [0.5, 0.6) is 5.19 Å². The third-order valence-electron chi connectivity index (χ3n) is 2.02. The molecule has 0 spiro atoms. The van der Waals surface area contributed by atoms with E-state index in [9.17, 15) is 8.42 Å². The molecule has 0 amide bonds. The van der Waals surface area contributed by atoms with Crippen LogP contribution >= 0.6 is 24.0 Å². The Morgan fingerprint density at radius 2 is 2.12 bits per heavy atom. The van der Waals surface area contributed by atoms with E-state index >= 15 is 0 Å². The Labute approximate surface area is 109 Å². The molecule has 0 saturated carbocycles. The van der Waals surface area contributed by atoms with E-state index in [2.05, 4.69) is 17.6 Å². The van der Waals surface area contributed by atoms with Gasteiger partial charge in [0.05, 0.1) is 16.0 Å². The highest BCUT2D eigenvalue weighted by Crippen LogP contribution is 2.28. The van der Waals surface area contributed by atoms with Gasteiger partial charge in [0.25, 0.3) is 5.19 Å². The lowest BCUT2D eigenvalue weighted by atomic mass is 10.3. The fourth-order valence-corrected chi connectivity index (χ4v) is 3.63. The number of benzene rings is 1. The van der Waals surface area contributed by atoms with Gasteiger partial charge in [-0.15, -0.1) is 0 Å². The molecule has 0 fully saturated rings. The quantitative estimate of drug-likeness (QED) is 0.678. The van der Waals surface area contributed by atoms with Crippen molar-refractivity contribution in [1.82, 2.24) is 4.98 Å². The van der Waals surface area contributed by atoms with E-state index in [1.165, 1.54) is 11.3 Å². The number of thiazole rings is 1. The predicted molar refractivity (Wildman–Crippen MR) is 72.5 cm³/mol. The standard InChI is InChI=1S/C10H11NO3S3/c12-17(13,7-3-6-15)14-10-11-8-4-1-2-5-9(8)16-10/h1-2,4-5,15H,3,6-7H2. The lowest BCUT2D eigenvalue weighted by Crippen LogP contribution is -2.13. The van der Waals surface area contributed by atoms with E-state index in [-0.39, 0.29) is 10.9 Å². The number of hydrogen-bond acceptors (Lipinski definition) is 6. The van der Waals surface area contributed by atoms with Crippen molar-refractivity contribution in [1.29, 1.82) is 0 Å². The zero-order chi connectivity index (χ0) is 12.3. The molecule has 0 aliphatic rings. The van der Waals surface area contributed by atoms with Gasteiger partial charge >= 0.3 is 10.1 Å². The van der Waals surface area contributed by atoms with Crippen molar-refractivity contribution in [2.24, 2.45) is 0 Å². The first-order chi connectivity index (χ1) is 8.11. The molecule has 0 aliphatic carbocycles. The van der Waals surface area contributed by atoms with Crippen LogP contribution in [0, 0.1) is 0 Å². The fraction of sp³-hybridized carbons (Fsp3) is 0.300. The van der Waals surface area contributed by atoms with E-state index in [0.29, 0.717) is 12.2 Å². The molecule has 0 radical (unpaired) electrons. The number of aromatic nitrogens is 1. The summed E-state index contributed by atoms with van der Waals surface area (Å²) in [5.41, 5.74) is 0.747. The largest absolute Gasteiger partial charge is 0.351 e. The average Bonchev–Trinajstić information content (AvgIpc) is 2.67. The van der Waals surface area contributed by atoms with Crippen LogP contribution < -0.4 is 4.18 Å². The first kappa shape index (κ1) is 12.7. The molecule has 2 aromatic rings. The number of nitrogens with zero attached hydrogens (tertiary/aromatic N) is 1. The van der Waals surface area contributed by atoms with Crippen molar-refractivity contribution in [3.63, 3.8) is 0 Å². The van der Waals surface area contributed by atoms with Crippen LogP contribution in [-0.4, -0.2) is 24.9 Å². The number of thiol groups is 1. The summed E-state index contributed by atoms with van der Waals surface area (Å²) in [5.74, 6) is 0.481. The van der Waals surface area contributed by atoms with Gasteiger partial charge in [-0.2, -0.15) is 21.0 Å². The second-order valence-electron chi connectivity index (χ2n) is 3.37. The highest BCUT2D eigenvalue weighted by molar-refractivity contribution is 7.87. The zero-order valence-electron chi connectivity index (χ0n) is 8.87. The summed E-state index contributed by atoms with van der Waals surface area (Å²) >= 11 is 5.19. The van der Waals surface area contributed by atoms with Gasteiger partial charge in [0.1, 0.15) is 0 Å². The van der Waals surface area contributed by atoms with E-state index in [4.69, 9.17) is 4.18 Å². The predicted octanol–water partition coefficient (Wildman–Crippen LogP) is 2.32. The highest BCUT2D eigenvalue weighted by atomic mass is 32.2. The Bertz CT molecular complexity index is 573. The lowest BCUT2D eigenvalue weighted by molar-refractivity contribution is 0.484. The van der Waals surface area contributed by atoms with Crippen LogP contribution in [-0.2, 0) is 10.1 Å². The first-order valence-corrected chi connectivity index (χ1v) is 8.02. The fourth-order valence-electron chi connectivity index (χ4n) is 1.28. The van der Waals surface area contributed by atoms with Gasteiger partial charge in [0.15, 0.2) is 0 Å². The molecule has 0 bridgehead atoms. The lowest BCUT2D eigenvalue weighted by Gasteiger charge is -2.01. The van der Waals surface area contributed by atoms with Gasteiger partial charge in [-0.3, -0.25) is 0 Å². The summed E-state index contributed by atoms with van der Waals surface area (Å²) in [5, 5.41) is 0.172. The number of hydrogen-bond donors (Lipinski definition) is 1. The van der Waals surface area contributed by atoms with Gasteiger partial charge in [-0.05, 0) is 24.3 Å². The van der Waals surface area contributed by atoms with Crippen molar-refractivity contribution < 1.29 is 12.6 Å². The van der Waals surface area contributed by atoms with Gasteiger partial charge in [-0.1, -0.05) is 23.5 Å². The minimum Gasteiger partial charge on any atom is -0.351 e. The van der Waals surface area contributed by atoms with Crippen LogP contribution in [0.1, 0.15) is 6.42 Å². The molecule has 0 atom stereocenters. The number of rotatable bonds is 5. The molecule has 1 aromatic heterocycles. The summed E-state index contributed by atoms with van der Waals surface area (Å²) < 4.78 is 28.9. The van der Waals surface area contributed by atoms with Gasteiger partial charge in [0, 0.05) is 0 Å². The third-order valence-corrected chi connectivity index (χ3v) is 4.56. The normalized spacial score (nSPS) is 11.8. The van der Waals surface area contributed by atoms with E-state index in [1.54, 1.807) is 0 Å². The third kappa shape index (κ3) is 3.34. The van der Waals surface area contributed by atoms with Crippen LogP contribution in [0.3, 0.4) is 0 Å². The van der Waals surface area contributed by atoms with Crippen LogP contribution in [0.25, 0.3) is 10.2 Å². The first-order valence-electron chi connectivity index (χ1n) is 4.99. The summed E-state index contributed by atoms with van der Waals surface area (Å²) in [4.78, 5) is 4.10. The van der Waals surface area contributed by atoms with E-state index in [0.717, 1.165) is 10.2 Å². The molecule has 2 rings (SSSR count). The van der Waals surface area contributed by atoms with Gasteiger partial charge in [-0.25, -0.2) is 4.98 Å². The maximum Gasteiger partial charge on any atom is 0.311 e. The minimum atomic E-state index is -3.55. The molecule has 4 nitrogen and oxygen atoms in total. The van der Waals surface area contributed by atoms with E-state index < -0.39 is 10.1 Å². The average molecular weight is 289 g/mol. The molecule has 0 N–H and O–H groups in total. The van der Waals surface area contributed by atoms with Crippen LogP contribution in [0.15, 0.2) is 24.3 Å². The van der Waals surface area contributed by atoms with Crippen molar-refractivity contribution in [2.45, 2.75) is 6.42 Å². The van der Waals surface area contributed by atoms with Crippen molar-refractivity contribution >= 4 is 44.3 Å². The smallest absolute Gasteiger partial charge is 0.311 e. The maximum atomic E-state index is 11.5. The Morgan fingerprint density at radius 3 is 2.82 bits per heavy atom. The summed E-state index contributed by atoms with van der Waals surface area (Å²) in [7, 11) is -3.55. The molecule has 0 aliphatic heterocycles. The maximum absolute atomic E-state index is 11.5. The Hall–Kier alpha value is -0.790. The van der Waals surface area contributed by atoms with Crippen molar-refractivity contribution in [2.75, 3.05) is 11.5 Å². The Morgan fingerprint density at radius 1 is 1.35 bits per heavy atom.